The molecule has 1 aromatic heterocycles. The number of para-hydroxylation sites is 1. The van der Waals surface area contributed by atoms with Crippen LogP contribution < -0.4 is 9.64 Å². The molecule has 0 unspecified atom stereocenters. The standard InChI is InChI=1S/C26H28N2O4/c1-16-13-18(14-17(2)23(16)32-26(3,4)25(30)31)11-12-22(29)20-15-19-9-7-8-10-21(19)27-24(20)28(5)6/h7-15H,1-6H3,(H,30,31). The Morgan fingerprint density at radius 3 is 2.28 bits per heavy atom. The van der Waals surface area contributed by atoms with Gasteiger partial charge >= 0.3 is 5.97 Å². The summed E-state index contributed by atoms with van der Waals surface area (Å²) in [6.07, 6.45) is 3.29. The Hall–Kier alpha value is -3.67. The number of hydrogen-bond acceptors (Lipinski definition) is 5. The van der Waals surface area contributed by atoms with E-state index >= 15 is 0 Å². The second kappa shape index (κ2) is 8.83. The molecule has 0 atom stereocenters. The van der Waals surface area contributed by atoms with Gasteiger partial charge in [0.25, 0.3) is 0 Å². The number of fused-ring (bicyclic) bond motifs is 1. The highest BCUT2D eigenvalue weighted by atomic mass is 16.5. The van der Waals surface area contributed by atoms with Crippen molar-refractivity contribution in [2.45, 2.75) is 33.3 Å². The maximum Gasteiger partial charge on any atom is 0.347 e. The second-order valence-electron chi connectivity index (χ2n) is 8.55. The van der Waals surface area contributed by atoms with Crippen LogP contribution in [0.5, 0.6) is 5.75 Å². The normalized spacial score (nSPS) is 11.7. The van der Waals surface area contributed by atoms with Gasteiger partial charge in [0.15, 0.2) is 11.4 Å². The number of carboxylic acid groups (broad SMARTS) is 1. The number of anilines is 1. The number of carbonyl (C=O) groups is 2. The number of aromatic nitrogens is 1. The molecule has 6 heteroatoms. The van der Waals surface area contributed by atoms with Gasteiger partial charge in [0.1, 0.15) is 11.6 Å². The fourth-order valence-corrected chi connectivity index (χ4v) is 3.43. The summed E-state index contributed by atoms with van der Waals surface area (Å²) < 4.78 is 5.75. The summed E-state index contributed by atoms with van der Waals surface area (Å²) >= 11 is 0. The van der Waals surface area contributed by atoms with Crippen molar-refractivity contribution in [3.63, 3.8) is 0 Å². The number of ether oxygens (including phenoxy) is 1. The van der Waals surface area contributed by atoms with Crippen molar-refractivity contribution in [3.8, 4) is 5.75 Å². The molecule has 3 aromatic rings. The molecule has 0 spiro atoms. The van der Waals surface area contributed by atoms with Crippen molar-refractivity contribution in [2.75, 3.05) is 19.0 Å². The number of carboxylic acids is 1. The first-order chi connectivity index (χ1) is 15.0. The van der Waals surface area contributed by atoms with E-state index in [2.05, 4.69) is 4.98 Å². The molecule has 0 fully saturated rings. The molecule has 0 saturated heterocycles. The molecule has 1 heterocycles. The number of allylic oxidation sites excluding steroid dienone is 1. The van der Waals surface area contributed by atoms with Crippen LogP contribution in [-0.2, 0) is 4.79 Å². The van der Waals surface area contributed by atoms with Gasteiger partial charge in [-0.15, -0.1) is 0 Å². The molecule has 6 nitrogen and oxygen atoms in total. The first-order valence-electron chi connectivity index (χ1n) is 10.3. The summed E-state index contributed by atoms with van der Waals surface area (Å²) in [6.45, 7) is 6.74. The van der Waals surface area contributed by atoms with Crippen molar-refractivity contribution in [2.24, 2.45) is 0 Å². The molecule has 1 N–H and O–H groups in total. The fraction of sp³-hybridized carbons (Fsp3) is 0.269. The van der Waals surface area contributed by atoms with Gasteiger partial charge < -0.3 is 14.7 Å². The van der Waals surface area contributed by atoms with Crippen molar-refractivity contribution < 1.29 is 19.4 Å². The average molecular weight is 433 g/mol. The van der Waals surface area contributed by atoms with Crippen LogP contribution in [0.4, 0.5) is 5.82 Å². The lowest BCUT2D eigenvalue weighted by Gasteiger charge is -2.24. The lowest BCUT2D eigenvalue weighted by atomic mass is 10.0. The summed E-state index contributed by atoms with van der Waals surface area (Å²) in [5.41, 5.74) is 2.45. The first kappa shape index (κ1) is 23.0. The molecule has 0 bridgehead atoms. The minimum atomic E-state index is -1.34. The molecule has 3 rings (SSSR count). The summed E-state index contributed by atoms with van der Waals surface area (Å²) in [5, 5.41) is 10.2. The zero-order chi connectivity index (χ0) is 23.6. The molecule has 0 aliphatic rings. The van der Waals surface area contributed by atoms with E-state index in [4.69, 9.17) is 4.74 Å². The number of nitrogens with zero attached hydrogens (tertiary/aromatic N) is 2. The molecule has 0 amide bonds. The van der Waals surface area contributed by atoms with E-state index in [1.54, 1.807) is 6.08 Å². The Morgan fingerprint density at radius 2 is 1.69 bits per heavy atom. The topological polar surface area (TPSA) is 79.7 Å². The third-order valence-corrected chi connectivity index (χ3v) is 5.17. The van der Waals surface area contributed by atoms with Crippen LogP contribution in [0, 0.1) is 13.8 Å². The number of ketones is 1. The Balaban J connectivity index is 1.92. The predicted molar refractivity (Wildman–Crippen MR) is 128 cm³/mol. The van der Waals surface area contributed by atoms with Crippen LogP contribution in [0.2, 0.25) is 0 Å². The largest absolute Gasteiger partial charge is 0.478 e. The van der Waals surface area contributed by atoms with E-state index in [0.717, 1.165) is 27.6 Å². The molecule has 2 aromatic carbocycles. The number of pyridine rings is 1. The van der Waals surface area contributed by atoms with Crippen LogP contribution in [0.25, 0.3) is 17.0 Å². The summed E-state index contributed by atoms with van der Waals surface area (Å²) in [7, 11) is 3.73. The number of carbonyl (C=O) groups excluding carboxylic acids is 1. The maximum atomic E-state index is 13.0. The zero-order valence-electron chi connectivity index (χ0n) is 19.3. The highest BCUT2D eigenvalue weighted by Gasteiger charge is 2.30. The van der Waals surface area contributed by atoms with E-state index in [0.29, 0.717) is 17.1 Å². The van der Waals surface area contributed by atoms with Crippen molar-refractivity contribution in [3.05, 3.63) is 70.8 Å². The molecular weight excluding hydrogens is 404 g/mol. The van der Waals surface area contributed by atoms with Crippen LogP contribution in [0.3, 0.4) is 0 Å². The molecule has 32 heavy (non-hydrogen) atoms. The van der Waals surface area contributed by atoms with Gasteiger partial charge in [0, 0.05) is 19.5 Å². The van der Waals surface area contributed by atoms with E-state index in [-0.39, 0.29) is 5.78 Å². The van der Waals surface area contributed by atoms with Crippen molar-refractivity contribution in [1.29, 1.82) is 0 Å². The van der Waals surface area contributed by atoms with E-state index in [1.165, 1.54) is 19.9 Å². The Labute approximate surface area is 188 Å². The quantitative estimate of drug-likeness (QED) is 0.415. The number of aryl methyl sites for hydroxylation is 2. The second-order valence-corrected chi connectivity index (χ2v) is 8.55. The summed E-state index contributed by atoms with van der Waals surface area (Å²) in [4.78, 5) is 30.9. The fourth-order valence-electron chi connectivity index (χ4n) is 3.43. The van der Waals surface area contributed by atoms with E-state index in [9.17, 15) is 14.7 Å². The smallest absolute Gasteiger partial charge is 0.347 e. The lowest BCUT2D eigenvalue weighted by Crippen LogP contribution is -2.38. The van der Waals surface area contributed by atoms with Gasteiger partial charge in [-0.1, -0.05) is 24.3 Å². The van der Waals surface area contributed by atoms with E-state index < -0.39 is 11.6 Å². The van der Waals surface area contributed by atoms with Crippen LogP contribution >= 0.6 is 0 Å². The predicted octanol–water partition coefficient (Wildman–Crippen LogP) is 5.06. The SMILES string of the molecule is Cc1cc(C=CC(=O)c2cc3ccccc3nc2N(C)C)cc(C)c1OC(C)(C)C(=O)O. The van der Waals surface area contributed by atoms with Gasteiger partial charge in [-0.05, 0) is 74.7 Å². The van der Waals surface area contributed by atoms with Gasteiger partial charge in [-0.25, -0.2) is 9.78 Å². The molecule has 0 saturated carbocycles. The maximum absolute atomic E-state index is 13.0. The number of rotatable bonds is 7. The van der Waals surface area contributed by atoms with Crippen LogP contribution in [-0.4, -0.2) is 41.5 Å². The van der Waals surface area contributed by atoms with Gasteiger partial charge in [0.2, 0.25) is 0 Å². The average Bonchev–Trinajstić information content (AvgIpc) is 2.73. The first-order valence-corrected chi connectivity index (χ1v) is 10.3. The summed E-state index contributed by atoms with van der Waals surface area (Å²) in [6, 6.07) is 13.3. The van der Waals surface area contributed by atoms with Crippen LogP contribution in [0.1, 0.15) is 40.9 Å². The highest BCUT2D eigenvalue weighted by Crippen LogP contribution is 2.29. The minimum Gasteiger partial charge on any atom is -0.478 e. The summed E-state index contributed by atoms with van der Waals surface area (Å²) in [5.74, 6) is -0.0268. The number of aliphatic carboxylic acids is 1. The Morgan fingerprint density at radius 1 is 1.06 bits per heavy atom. The molecule has 0 radical (unpaired) electrons. The van der Waals surface area contributed by atoms with Gasteiger partial charge in [-0.2, -0.15) is 0 Å². The third-order valence-electron chi connectivity index (χ3n) is 5.17. The van der Waals surface area contributed by atoms with Gasteiger partial charge in [-0.3, -0.25) is 4.79 Å². The van der Waals surface area contributed by atoms with Crippen molar-refractivity contribution in [1.82, 2.24) is 4.98 Å². The Bertz CT molecular complexity index is 1200. The van der Waals surface area contributed by atoms with Gasteiger partial charge in [0.05, 0.1) is 11.1 Å². The molecular formula is C26H28N2O4. The number of hydrogen-bond donors (Lipinski definition) is 1. The Kier molecular flexibility index (Phi) is 6.35. The van der Waals surface area contributed by atoms with Crippen LogP contribution in [0.15, 0.2) is 48.5 Å². The molecule has 0 aliphatic carbocycles. The zero-order valence-corrected chi connectivity index (χ0v) is 19.3. The molecule has 166 valence electrons. The monoisotopic (exact) mass is 432 g/mol. The highest BCUT2D eigenvalue weighted by molar-refractivity contribution is 6.11. The third kappa shape index (κ3) is 4.80. The lowest BCUT2D eigenvalue weighted by molar-refractivity contribution is -0.152. The van der Waals surface area contributed by atoms with Crippen molar-refractivity contribution >= 4 is 34.5 Å². The minimum absolute atomic E-state index is 0.144. The number of benzene rings is 2. The molecule has 0 aliphatic heterocycles. The van der Waals surface area contributed by atoms with E-state index in [1.807, 2.05) is 75.3 Å².